The summed E-state index contributed by atoms with van der Waals surface area (Å²) in [6.45, 7) is 6.39. The maximum atomic E-state index is 2.36. The molecule has 1 aromatic carbocycles. The second-order valence-corrected chi connectivity index (χ2v) is 4.25. The first-order valence-electron chi connectivity index (χ1n) is 5.37. The summed E-state index contributed by atoms with van der Waals surface area (Å²) in [5.74, 6) is 0. The van der Waals surface area contributed by atoms with Crippen LogP contribution in [0.25, 0.3) is 0 Å². The van der Waals surface area contributed by atoms with Gasteiger partial charge < -0.3 is 4.90 Å². The molecule has 0 saturated heterocycles. The van der Waals surface area contributed by atoms with Crippen molar-refractivity contribution >= 4 is 0 Å². The van der Waals surface area contributed by atoms with E-state index in [0.29, 0.717) is 0 Å². The average molecular weight is 199 g/mol. The fourth-order valence-electron chi connectivity index (χ4n) is 2.05. The van der Waals surface area contributed by atoms with Crippen molar-refractivity contribution in [2.45, 2.75) is 20.4 Å². The molecule has 1 nitrogen and oxygen atoms in total. The minimum absolute atomic E-state index is 1.00. The molecule has 0 saturated carbocycles. The van der Waals surface area contributed by atoms with Crippen LogP contribution in [0.4, 0.5) is 0 Å². The van der Waals surface area contributed by atoms with Gasteiger partial charge in [0.05, 0.1) is 0 Å². The van der Waals surface area contributed by atoms with Crippen molar-refractivity contribution < 1.29 is 0 Å². The van der Waals surface area contributed by atoms with Crippen LogP contribution in [-0.2, 0) is 6.54 Å². The van der Waals surface area contributed by atoms with Gasteiger partial charge in [-0.05, 0) is 25.0 Å². The molecule has 0 bridgehead atoms. The standard InChI is InChI=1S/C14H17N/c1-12-8-13(2)10-15(9-12)11-14-6-4-3-5-7-14/h3-9H,10-11H2,1-2H3. The topological polar surface area (TPSA) is 3.24 Å². The zero-order valence-corrected chi connectivity index (χ0v) is 9.40. The van der Waals surface area contributed by atoms with Gasteiger partial charge >= 0.3 is 0 Å². The van der Waals surface area contributed by atoms with Gasteiger partial charge in [-0.1, -0.05) is 42.0 Å². The van der Waals surface area contributed by atoms with E-state index in [1.54, 1.807) is 0 Å². The summed E-state index contributed by atoms with van der Waals surface area (Å²) in [6, 6.07) is 10.6. The molecule has 0 unspecified atom stereocenters. The lowest BCUT2D eigenvalue weighted by molar-refractivity contribution is 0.392. The highest BCUT2D eigenvalue weighted by Gasteiger charge is 2.06. The summed E-state index contributed by atoms with van der Waals surface area (Å²) in [6.07, 6.45) is 4.49. The maximum Gasteiger partial charge on any atom is 0.0427 e. The Morgan fingerprint density at radius 2 is 1.87 bits per heavy atom. The van der Waals surface area contributed by atoms with Crippen LogP contribution in [0.3, 0.4) is 0 Å². The number of nitrogens with zero attached hydrogens (tertiary/aromatic N) is 1. The molecule has 2 rings (SSSR count). The number of allylic oxidation sites excluding steroid dienone is 2. The Kier molecular flexibility index (Phi) is 2.91. The molecule has 0 amide bonds. The Labute approximate surface area is 91.7 Å². The second kappa shape index (κ2) is 4.35. The number of rotatable bonds is 2. The van der Waals surface area contributed by atoms with E-state index in [9.17, 15) is 0 Å². The lowest BCUT2D eigenvalue weighted by Gasteiger charge is -2.25. The molecule has 1 aromatic rings. The molecule has 1 aliphatic rings. The third kappa shape index (κ3) is 2.72. The highest BCUT2D eigenvalue weighted by atomic mass is 15.1. The van der Waals surface area contributed by atoms with Gasteiger partial charge in [-0.2, -0.15) is 0 Å². The van der Waals surface area contributed by atoms with Gasteiger partial charge in [0, 0.05) is 19.3 Å². The molecule has 78 valence electrons. The van der Waals surface area contributed by atoms with E-state index in [2.05, 4.69) is 61.4 Å². The number of hydrogen-bond acceptors (Lipinski definition) is 1. The molecule has 0 radical (unpaired) electrons. The molecule has 0 aromatic heterocycles. The van der Waals surface area contributed by atoms with E-state index >= 15 is 0 Å². The van der Waals surface area contributed by atoms with Crippen molar-refractivity contribution in [2.75, 3.05) is 6.54 Å². The smallest absolute Gasteiger partial charge is 0.0427 e. The maximum absolute atomic E-state index is 2.36. The van der Waals surface area contributed by atoms with E-state index in [4.69, 9.17) is 0 Å². The van der Waals surface area contributed by atoms with Crippen LogP contribution in [0.1, 0.15) is 19.4 Å². The first kappa shape index (κ1) is 10.0. The lowest BCUT2D eigenvalue weighted by atomic mass is 10.1. The summed E-state index contributed by atoms with van der Waals surface area (Å²) in [7, 11) is 0. The molecule has 1 heterocycles. The first-order chi connectivity index (χ1) is 7.24. The summed E-state index contributed by atoms with van der Waals surface area (Å²) in [5, 5.41) is 0. The van der Waals surface area contributed by atoms with Crippen molar-refractivity contribution in [3.63, 3.8) is 0 Å². The zero-order chi connectivity index (χ0) is 10.7. The van der Waals surface area contributed by atoms with Crippen LogP contribution < -0.4 is 0 Å². The second-order valence-electron chi connectivity index (χ2n) is 4.25. The largest absolute Gasteiger partial charge is 0.369 e. The molecule has 0 atom stereocenters. The molecule has 0 fully saturated rings. The van der Waals surface area contributed by atoms with Crippen molar-refractivity contribution in [1.29, 1.82) is 0 Å². The fraction of sp³-hybridized carbons (Fsp3) is 0.286. The normalized spacial score (nSPS) is 16.0. The van der Waals surface area contributed by atoms with Crippen LogP contribution in [0.5, 0.6) is 0 Å². The van der Waals surface area contributed by atoms with E-state index in [1.807, 2.05) is 0 Å². The molecule has 0 spiro atoms. The summed E-state index contributed by atoms with van der Waals surface area (Å²) in [5.41, 5.74) is 4.15. The van der Waals surface area contributed by atoms with E-state index in [1.165, 1.54) is 16.7 Å². The van der Waals surface area contributed by atoms with Crippen LogP contribution in [0.15, 0.2) is 53.8 Å². The van der Waals surface area contributed by atoms with Gasteiger partial charge in [0.2, 0.25) is 0 Å². The quantitative estimate of drug-likeness (QED) is 0.706. The third-order valence-electron chi connectivity index (χ3n) is 2.54. The minimum Gasteiger partial charge on any atom is -0.369 e. The lowest BCUT2D eigenvalue weighted by Crippen LogP contribution is -2.21. The average Bonchev–Trinajstić information content (AvgIpc) is 2.17. The SMILES string of the molecule is CC1=CN(Cc2ccccc2)CC(C)=C1. The van der Waals surface area contributed by atoms with Crippen molar-refractivity contribution in [3.05, 3.63) is 59.3 Å². The Bertz CT molecular complexity index is 387. The predicted molar refractivity (Wildman–Crippen MR) is 64.4 cm³/mol. The highest BCUT2D eigenvalue weighted by Crippen LogP contribution is 2.15. The summed E-state index contributed by atoms with van der Waals surface area (Å²) in [4.78, 5) is 2.36. The minimum atomic E-state index is 1.00. The molecule has 0 N–H and O–H groups in total. The fourth-order valence-corrected chi connectivity index (χ4v) is 2.05. The van der Waals surface area contributed by atoms with E-state index < -0.39 is 0 Å². The monoisotopic (exact) mass is 199 g/mol. The van der Waals surface area contributed by atoms with Crippen LogP contribution in [0, 0.1) is 0 Å². The zero-order valence-electron chi connectivity index (χ0n) is 9.40. The van der Waals surface area contributed by atoms with Gasteiger partial charge in [-0.25, -0.2) is 0 Å². The van der Waals surface area contributed by atoms with Crippen LogP contribution >= 0.6 is 0 Å². The molecule has 0 aliphatic carbocycles. The first-order valence-corrected chi connectivity index (χ1v) is 5.37. The van der Waals surface area contributed by atoms with Gasteiger partial charge in [0.25, 0.3) is 0 Å². The number of hydrogen-bond donors (Lipinski definition) is 0. The van der Waals surface area contributed by atoms with Crippen LogP contribution in [-0.4, -0.2) is 11.4 Å². The molecule has 1 aliphatic heterocycles. The van der Waals surface area contributed by atoms with Crippen molar-refractivity contribution in [3.8, 4) is 0 Å². The molecular formula is C14H17N. The van der Waals surface area contributed by atoms with Crippen LogP contribution in [0.2, 0.25) is 0 Å². The molecular weight excluding hydrogens is 182 g/mol. The van der Waals surface area contributed by atoms with E-state index in [0.717, 1.165) is 13.1 Å². The third-order valence-corrected chi connectivity index (χ3v) is 2.54. The summed E-state index contributed by atoms with van der Waals surface area (Å²) < 4.78 is 0. The molecule has 15 heavy (non-hydrogen) atoms. The Morgan fingerprint density at radius 3 is 2.53 bits per heavy atom. The Morgan fingerprint density at radius 1 is 1.13 bits per heavy atom. The molecule has 1 heteroatoms. The predicted octanol–water partition coefficient (Wildman–Crippen LogP) is 3.35. The van der Waals surface area contributed by atoms with Crippen molar-refractivity contribution in [1.82, 2.24) is 4.90 Å². The van der Waals surface area contributed by atoms with Gasteiger partial charge in [-0.3, -0.25) is 0 Å². The highest BCUT2D eigenvalue weighted by molar-refractivity contribution is 5.26. The number of benzene rings is 1. The Hall–Kier alpha value is -1.50. The summed E-state index contributed by atoms with van der Waals surface area (Å²) >= 11 is 0. The van der Waals surface area contributed by atoms with Gasteiger partial charge in [-0.15, -0.1) is 0 Å². The Balaban J connectivity index is 2.06. The van der Waals surface area contributed by atoms with Gasteiger partial charge in [0.1, 0.15) is 0 Å². The van der Waals surface area contributed by atoms with Crippen molar-refractivity contribution in [2.24, 2.45) is 0 Å². The van der Waals surface area contributed by atoms with Gasteiger partial charge in [0.15, 0.2) is 0 Å². The van der Waals surface area contributed by atoms with E-state index in [-0.39, 0.29) is 0 Å².